The molecule has 9 rings (SSSR count). The highest BCUT2D eigenvalue weighted by Gasteiger charge is 2.46. The molecule has 4 heterocycles. The summed E-state index contributed by atoms with van der Waals surface area (Å²) in [6.07, 6.45) is 6.67. The summed E-state index contributed by atoms with van der Waals surface area (Å²) in [4.78, 5) is 0. The van der Waals surface area contributed by atoms with Gasteiger partial charge >= 0.3 is 0 Å². The maximum atomic E-state index is 2.57. The highest BCUT2D eigenvalue weighted by Crippen LogP contribution is 2.54. The van der Waals surface area contributed by atoms with E-state index in [1.165, 1.54) is 94.8 Å². The molecule has 0 saturated heterocycles. The summed E-state index contributed by atoms with van der Waals surface area (Å²) in [6.45, 7) is 25.9. The zero-order valence-electron chi connectivity index (χ0n) is 33.6. The van der Waals surface area contributed by atoms with Crippen LogP contribution in [-0.4, -0.2) is 0 Å². The van der Waals surface area contributed by atoms with Crippen LogP contribution in [-0.2, 0) is 28.1 Å². The van der Waals surface area contributed by atoms with E-state index in [9.17, 15) is 0 Å². The lowest BCUT2D eigenvalue weighted by Crippen LogP contribution is -2.44. The maximum Gasteiger partial charge on any atom is 0.287 e. The van der Waals surface area contributed by atoms with Crippen molar-refractivity contribution in [3.8, 4) is 33.6 Å². The summed E-state index contributed by atoms with van der Waals surface area (Å²) in [5.74, 6) is 0. The quantitative estimate of drug-likeness (QED) is 0.159. The van der Waals surface area contributed by atoms with Crippen LogP contribution < -0.4 is 9.13 Å². The highest BCUT2D eigenvalue weighted by molar-refractivity contribution is 6.00. The lowest BCUT2D eigenvalue weighted by Gasteiger charge is -2.25. The molecule has 2 heteroatoms. The Morgan fingerprint density at radius 2 is 1.25 bits per heavy atom. The van der Waals surface area contributed by atoms with Gasteiger partial charge in [-0.2, -0.15) is 9.13 Å². The van der Waals surface area contributed by atoms with Crippen molar-refractivity contribution in [2.24, 2.45) is 0 Å². The van der Waals surface area contributed by atoms with Crippen molar-refractivity contribution in [1.82, 2.24) is 0 Å². The Bertz CT molecular complexity index is 2580. The smallest absolute Gasteiger partial charge is 0.158 e. The van der Waals surface area contributed by atoms with Crippen LogP contribution in [0.3, 0.4) is 0 Å². The second kappa shape index (κ2) is 11.1. The molecule has 266 valence electrons. The van der Waals surface area contributed by atoms with Crippen LogP contribution in [0.5, 0.6) is 0 Å². The molecule has 2 aromatic heterocycles. The summed E-state index contributed by atoms with van der Waals surface area (Å²) in [6, 6.07) is 35.6. The Balaban J connectivity index is 1.36. The maximum absolute atomic E-state index is 2.57. The number of benzene rings is 4. The predicted molar refractivity (Wildman–Crippen MR) is 222 cm³/mol. The molecule has 0 fully saturated rings. The Kier molecular flexibility index (Phi) is 7.12. The van der Waals surface area contributed by atoms with Crippen LogP contribution in [0.1, 0.15) is 122 Å². The van der Waals surface area contributed by atoms with Gasteiger partial charge in [0.25, 0.3) is 11.4 Å². The monoisotopic (exact) mass is 694 g/mol. The second-order valence-electron chi connectivity index (χ2n) is 19.2. The third-order valence-electron chi connectivity index (χ3n) is 13.1. The molecule has 2 nitrogen and oxygen atoms in total. The zero-order valence-corrected chi connectivity index (χ0v) is 33.6. The first-order valence-corrected chi connectivity index (χ1v) is 19.7. The van der Waals surface area contributed by atoms with E-state index in [0.717, 1.165) is 12.8 Å². The first-order valence-electron chi connectivity index (χ1n) is 19.7. The fourth-order valence-electron chi connectivity index (χ4n) is 9.31. The third-order valence-corrected chi connectivity index (χ3v) is 13.1. The van der Waals surface area contributed by atoms with Crippen molar-refractivity contribution < 1.29 is 9.13 Å². The molecule has 2 aliphatic heterocycles. The summed E-state index contributed by atoms with van der Waals surface area (Å²) < 4.78 is 5.04. The van der Waals surface area contributed by atoms with Gasteiger partial charge in [-0.15, -0.1) is 0 Å². The predicted octanol–water partition coefficient (Wildman–Crippen LogP) is 12.1. The molecule has 0 radical (unpaired) electrons. The molecule has 53 heavy (non-hydrogen) atoms. The van der Waals surface area contributed by atoms with Crippen LogP contribution in [0.4, 0.5) is 0 Å². The molecular formula is C51H54N2+2. The molecule has 4 aromatic carbocycles. The summed E-state index contributed by atoms with van der Waals surface area (Å²) in [5, 5.41) is 2.68. The standard InChI is InChI=1S/C51H54N2/c1-12-50(8,9)35-22-24-53-44(28-35)40-29-39-37-20-18-31-15-13-14-16-36(31)46(37)51(10,11)42(39)30-41(40)47(53)45-25-32-17-19-33(48(2,3)4)26-38(32)43-27-34(49(5,6)7)21-23-52(43)45/h13-24,26-30H,12,25H2,1-11H3/q+2/b47-45+. The van der Waals surface area contributed by atoms with E-state index in [0.29, 0.717) is 0 Å². The lowest BCUT2D eigenvalue weighted by atomic mass is 9.79. The molecule has 3 aliphatic rings. The van der Waals surface area contributed by atoms with Gasteiger partial charge < -0.3 is 0 Å². The number of aromatic nitrogens is 2. The van der Waals surface area contributed by atoms with E-state index in [4.69, 9.17) is 0 Å². The topological polar surface area (TPSA) is 7.76 Å². The molecule has 0 spiro atoms. The average Bonchev–Trinajstić information content (AvgIpc) is 3.56. The number of hydrogen-bond acceptors (Lipinski definition) is 0. The van der Waals surface area contributed by atoms with Gasteiger partial charge in [0.15, 0.2) is 12.4 Å². The third kappa shape index (κ3) is 4.97. The average molecular weight is 695 g/mol. The molecule has 0 saturated carbocycles. The SMILES string of the molecule is CCC(C)(C)c1cc[n+]2c(c1)-c1cc3c(cc1/C2=C1/Cc2ccc(C(C)(C)C)cc2-c2cc(C(C)(C)C)cc[n+]21)C(C)(C)c1c-3ccc2ccccc12. The second-order valence-corrected chi connectivity index (χ2v) is 19.2. The summed E-state index contributed by atoms with van der Waals surface area (Å²) >= 11 is 0. The van der Waals surface area contributed by atoms with Crippen LogP contribution >= 0.6 is 0 Å². The molecule has 1 aliphatic carbocycles. The Hall–Kier alpha value is -4.82. The van der Waals surface area contributed by atoms with Gasteiger partial charge in [0.1, 0.15) is 0 Å². The van der Waals surface area contributed by atoms with Crippen LogP contribution in [0.15, 0.2) is 103 Å². The van der Waals surface area contributed by atoms with Crippen molar-refractivity contribution in [3.63, 3.8) is 0 Å². The molecule has 0 unspecified atom stereocenters. The first-order chi connectivity index (χ1) is 25.0. The number of pyridine rings is 2. The van der Waals surface area contributed by atoms with E-state index in [1.54, 1.807) is 0 Å². The van der Waals surface area contributed by atoms with E-state index in [1.807, 2.05) is 0 Å². The fraction of sp³-hybridized carbons (Fsp3) is 0.333. The normalized spacial score (nSPS) is 16.9. The van der Waals surface area contributed by atoms with Crippen molar-refractivity contribution in [2.45, 2.75) is 111 Å². The summed E-state index contributed by atoms with van der Waals surface area (Å²) in [7, 11) is 0. The molecule has 0 N–H and O–H groups in total. The zero-order chi connectivity index (χ0) is 37.4. The minimum Gasteiger partial charge on any atom is -0.158 e. The van der Waals surface area contributed by atoms with Crippen LogP contribution in [0.2, 0.25) is 0 Å². The Labute approximate surface area is 316 Å². The molecule has 6 aromatic rings. The fourth-order valence-corrected chi connectivity index (χ4v) is 9.31. The van der Waals surface area contributed by atoms with Gasteiger partial charge in [-0.3, -0.25) is 0 Å². The van der Waals surface area contributed by atoms with Crippen molar-refractivity contribution in [3.05, 3.63) is 142 Å². The van der Waals surface area contributed by atoms with Crippen molar-refractivity contribution in [2.75, 3.05) is 0 Å². The number of nitrogens with zero attached hydrogens (tertiary/aromatic N) is 2. The lowest BCUT2D eigenvalue weighted by molar-refractivity contribution is -0.597. The molecule has 0 bridgehead atoms. The first kappa shape index (κ1) is 34.0. The Morgan fingerprint density at radius 3 is 1.98 bits per heavy atom. The number of allylic oxidation sites excluding steroid dienone is 1. The van der Waals surface area contributed by atoms with Gasteiger partial charge in [-0.1, -0.05) is 125 Å². The Morgan fingerprint density at radius 1 is 0.585 bits per heavy atom. The van der Waals surface area contributed by atoms with Gasteiger partial charge in [0, 0.05) is 29.7 Å². The summed E-state index contributed by atoms with van der Waals surface area (Å²) in [5.41, 5.74) is 20.4. The van der Waals surface area contributed by atoms with Crippen LogP contribution in [0.25, 0.3) is 55.8 Å². The minimum atomic E-state index is -0.139. The number of fused-ring (bicyclic) bond motifs is 11. The largest absolute Gasteiger partial charge is 0.287 e. The van der Waals surface area contributed by atoms with Gasteiger partial charge in [0.05, 0.1) is 23.1 Å². The van der Waals surface area contributed by atoms with Crippen molar-refractivity contribution >= 4 is 22.2 Å². The van der Waals surface area contributed by atoms with E-state index in [-0.39, 0.29) is 21.7 Å². The van der Waals surface area contributed by atoms with Crippen molar-refractivity contribution in [1.29, 1.82) is 0 Å². The van der Waals surface area contributed by atoms with Gasteiger partial charge in [-0.25, -0.2) is 0 Å². The van der Waals surface area contributed by atoms with E-state index >= 15 is 0 Å². The minimum absolute atomic E-state index is 0.0389. The highest BCUT2D eigenvalue weighted by atomic mass is 15.1. The molecule has 0 amide bonds. The number of rotatable bonds is 2. The number of hydrogen-bond donors (Lipinski definition) is 0. The van der Waals surface area contributed by atoms with Gasteiger partial charge in [-0.05, 0) is 96.1 Å². The van der Waals surface area contributed by atoms with Gasteiger partial charge in [0.2, 0.25) is 11.4 Å². The van der Waals surface area contributed by atoms with E-state index < -0.39 is 0 Å². The van der Waals surface area contributed by atoms with E-state index in [2.05, 4.69) is 189 Å². The molecular weight excluding hydrogens is 641 g/mol. The van der Waals surface area contributed by atoms with Crippen LogP contribution in [0, 0.1) is 0 Å². The molecule has 0 atom stereocenters.